The van der Waals surface area contributed by atoms with Crippen molar-refractivity contribution in [3.05, 3.63) is 28.0 Å². The second kappa shape index (κ2) is 6.79. The quantitative estimate of drug-likeness (QED) is 0.841. The molecule has 94 valence electrons. The summed E-state index contributed by atoms with van der Waals surface area (Å²) in [6, 6.07) is 3.08. The lowest BCUT2D eigenvalue weighted by Gasteiger charge is -2.11. The lowest BCUT2D eigenvalue weighted by molar-refractivity contribution is 0.0929. The van der Waals surface area contributed by atoms with Crippen LogP contribution < -0.4 is 5.32 Å². The van der Waals surface area contributed by atoms with E-state index in [1.54, 1.807) is 13.2 Å². The number of amides is 1. The molecular formula is C11H14Cl2N2O2. The van der Waals surface area contributed by atoms with Crippen molar-refractivity contribution in [2.45, 2.75) is 6.92 Å². The molecule has 0 aliphatic heterocycles. The number of nitrogens with zero attached hydrogens (tertiary/aromatic N) is 1. The molecule has 0 fully saturated rings. The minimum atomic E-state index is -0.333. The van der Waals surface area contributed by atoms with Crippen molar-refractivity contribution < 1.29 is 9.53 Å². The van der Waals surface area contributed by atoms with Gasteiger partial charge in [-0.05, 0) is 18.1 Å². The largest absolute Gasteiger partial charge is 0.384 e. The number of hydrogen-bond donors (Lipinski definition) is 1. The van der Waals surface area contributed by atoms with E-state index in [4.69, 9.17) is 27.9 Å². The Hall–Kier alpha value is -0.840. The number of carbonyl (C=O) groups excluding carboxylic acids is 1. The van der Waals surface area contributed by atoms with E-state index < -0.39 is 0 Å². The number of ether oxygens (including phenoxy) is 1. The fourth-order valence-corrected chi connectivity index (χ4v) is 1.61. The molecule has 1 aromatic heterocycles. The molecule has 1 atom stereocenters. The summed E-state index contributed by atoms with van der Waals surface area (Å²) in [5.41, 5.74) is 0.142. The molecule has 0 saturated carbocycles. The molecule has 17 heavy (non-hydrogen) atoms. The minimum Gasteiger partial charge on any atom is -0.384 e. The highest BCUT2D eigenvalue weighted by Gasteiger charge is 2.13. The molecule has 6 heteroatoms. The van der Waals surface area contributed by atoms with E-state index in [0.29, 0.717) is 13.2 Å². The van der Waals surface area contributed by atoms with Crippen molar-refractivity contribution in [3.8, 4) is 0 Å². The molecule has 0 saturated heterocycles. The van der Waals surface area contributed by atoms with Crippen LogP contribution in [0.5, 0.6) is 0 Å². The Morgan fingerprint density at radius 3 is 2.88 bits per heavy atom. The van der Waals surface area contributed by atoms with Gasteiger partial charge < -0.3 is 10.1 Å². The minimum absolute atomic E-state index is 0.142. The average molecular weight is 277 g/mol. The number of methoxy groups -OCH3 is 1. The van der Waals surface area contributed by atoms with Crippen molar-refractivity contribution in [3.63, 3.8) is 0 Å². The van der Waals surface area contributed by atoms with Crippen LogP contribution >= 0.6 is 23.2 Å². The highest BCUT2D eigenvalue weighted by atomic mass is 35.5. The lowest BCUT2D eigenvalue weighted by Crippen LogP contribution is -2.30. The molecule has 1 unspecified atom stereocenters. The van der Waals surface area contributed by atoms with Gasteiger partial charge in [0.05, 0.1) is 11.6 Å². The number of halogens is 2. The van der Waals surface area contributed by atoms with E-state index >= 15 is 0 Å². The molecule has 0 aliphatic rings. The first-order valence-electron chi connectivity index (χ1n) is 5.13. The summed E-state index contributed by atoms with van der Waals surface area (Å²) < 4.78 is 4.97. The van der Waals surface area contributed by atoms with Gasteiger partial charge in [0.15, 0.2) is 0 Å². The maximum atomic E-state index is 11.8. The first-order chi connectivity index (χ1) is 8.04. The van der Waals surface area contributed by atoms with E-state index in [2.05, 4.69) is 10.3 Å². The van der Waals surface area contributed by atoms with E-state index in [1.807, 2.05) is 6.92 Å². The highest BCUT2D eigenvalue weighted by Crippen LogP contribution is 2.16. The molecule has 1 amide bonds. The Labute approximate surface area is 110 Å². The van der Waals surface area contributed by atoms with Gasteiger partial charge in [-0.2, -0.15) is 0 Å². The topological polar surface area (TPSA) is 51.2 Å². The fourth-order valence-electron chi connectivity index (χ4n) is 1.27. The van der Waals surface area contributed by atoms with E-state index in [9.17, 15) is 4.79 Å². The van der Waals surface area contributed by atoms with Crippen LogP contribution in [0.2, 0.25) is 10.2 Å². The Balaban J connectivity index is 2.61. The third kappa shape index (κ3) is 4.50. The monoisotopic (exact) mass is 276 g/mol. The summed E-state index contributed by atoms with van der Waals surface area (Å²) in [5.74, 6) is -0.109. The van der Waals surface area contributed by atoms with Gasteiger partial charge in [-0.15, -0.1) is 0 Å². The molecule has 0 bridgehead atoms. The molecule has 0 aliphatic carbocycles. The third-order valence-electron chi connectivity index (χ3n) is 2.09. The maximum Gasteiger partial charge on any atom is 0.271 e. The second-order valence-electron chi connectivity index (χ2n) is 3.73. The van der Waals surface area contributed by atoms with Crippen LogP contribution in [0.1, 0.15) is 17.4 Å². The summed E-state index contributed by atoms with van der Waals surface area (Å²) in [6.45, 7) is 3.05. The van der Waals surface area contributed by atoms with Gasteiger partial charge in [0.25, 0.3) is 5.91 Å². The SMILES string of the molecule is COCC(C)CNC(=O)c1nc(Cl)ccc1Cl. The average Bonchev–Trinajstić information content (AvgIpc) is 2.29. The summed E-state index contributed by atoms with van der Waals surface area (Å²) in [6.07, 6.45) is 0. The van der Waals surface area contributed by atoms with Crippen LogP contribution in [0.4, 0.5) is 0 Å². The van der Waals surface area contributed by atoms with Crippen LogP contribution in [-0.2, 0) is 4.74 Å². The van der Waals surface area contributed by atoms with Gasteiger partial charge in [0, 0.05) is 13.7 Å². The van der Waals surface area contributed by atoms with Crippen LogP contribution in [0.15, 0.2) is 12.1 Å². The lowest BCUT2D eigenvalue weighted by atomic mass is 10.2. The smallest absolute Gasteiger partial charge is 0.271 e. The fraction of sp³-hybridized carbons (Fsp3) is 0.455. The number of hydrogen-bond acceptors (Lipinski definition) is 3. The van der Waals surface area contributed by atoms with Gasteiger partial charge in [-0.1, -0.05) is 30.1 Å². The zero-order chi connectivity index (χ0) is 12.8. The van der Waals surface area contributed by atoms with Gasteiger partial charge >= 0.3 is 0 Å². The standard InChI is InChI=1S/C11H14Cl2N2O2/c1-7(6-17-2)5-14-11(16)10-8(12)3-4-9(13)15-10/h3-4,7H,5-6H2,1-2H3,(H,14,16). The summed E-state index contributed by atoms with van der Waals surface area (Å²) >= 11 is 11.6. The molecule has 4 nitrogen and oxygen atoms in total. The molecule has 1 N–H and O–H groups in total. The molecule has 1 heterocycles. The van der Waals surface area contributed by atoms with Crippen molar-refractivity contribution in [2.24, 2.45) is 5.92 Å². The number of rotatable bonds is 5. The Morgan fingerprint density at radius 2 is 2.24 bits per heavy atom. The van der Waals surface area contributed by atoms with Crippen molar-refractivity contribution in [2.75, 3.05) is 20.3 Å². The summed E-state index contributed by atoms with van der Waals surface area (Å²) in [7, 11) is 1.62. The molecule has 1 aromatic rings. The Bertz CT molecular complexity index is 399. The normalized spacial score (nSPS) is 12.2. The Morgan fingerprint density at radius 1 is 1.53 bits per heavy atom. The number of nitrogens with one attached hydrogen (secondary N) is 1. The zero-order valence-electron chi connectivity index (χ0n) is 9.67. The molecule has 1 rings (SSSR count). The number of aromatic nitrogens is 1. The summed E-state index contributed by atoms with van der Waals surface area (Å²) in [4.78, 5) is 15.7. The van der Waals surface area contributed by atoms with Crippen molar-refractivity contribution >= 4 is 29.1 Å². The highest BCUT2D eigenvalue weighted by molar-refractivity contribution is 6.34. The third-order valence-corrected chi connectivity index (χ3v) is 2.60. The zero-order valence-corrected chi connectivity index (χ0v) is 11.2. The second-order valence-corrected chi connectivity index (χ2v) is 4.53. The summed E-state index contributed by atoms with van der Waals surface area (Å²) in [5, 5.41) is 3.25. The van der Waals surface area contributed by atoms with Crippen molar-refractivity contribution in [1.82, 2.24) is 10.3 Å². The first-order valence-corrected chi connectivity index (χ1v) is 5.89. The van der Waals surface area contributed by atoms with Gasteiger partial charge in [-0.3, -0.25) is 4.79 Å². The van der Waals surface area contributed by atoms with E-state index in [0.717, 1.165) is 0 Å². The predicted molar refractivity (Wildman–Crippen MR) is 67.6 cm³/mol. The number of pyridine rings is 1. The predicted octanol–water partition coefficient (Wildman–Crippen LogP) is 2.40. The number of carbonyl (C=O) groups is 1. The van der Waals surface area contributed by atoms with Crippen LogP contribution in [0.25, 0.3) is 0 Å². The molecule has 0 spiro atoms. The van der Waals surface area contributed by atoms with E-state index in [-0.39, 0.29) is 27.7 Å². The van der Waals surface area contributed by atoms with Gasteiger partial charge in [-0.25, -0.2) is 4.98 Å². The maximum absolute atomic E-state index is 11.8. The Kier molecular flexibility index (Phi) is 5.68. The van der Waals surface area contributed by atoms with Crippen molar-refractivity contribution in [1.29, 1.82) is 0 Å². The van der Waals surface area contributed by atoms with Gasteiger partial charge in [0.1, 0.15) is 10.8 Å². The molecule has 0 radical (unpaired) electrons. The molecular weight excluding hydrogens is 263 g/mol. The first kappa shape index (κ1) is 14.2. The van der Waals surface area contributed by atoms with Crippen LogP contribution in [0.3, 0.4) is 0 Å². The van der Waals surface area contributed by atoms with Crippen LogP contribution in [0, 0.1) is 5.92 Å². The van der Waals surface area contributed by atoms with Crippen LogP contribution in [-0.4, -0.2) is 31.2 Å². The van der Waals surface area contributed by atoms with Gasteiger partial charge in [0.2, 0.25) is 0 Å². The molecule has 0 aromatic carbocycles. The van der Waals surface area contributed by atoms with E-state index in [1.165, 1.54) is 6.07 Å².